The summed E-state index contributed by atoms with van der Waals surface area (Å²) < 4.78 is 18.7. The van der Waals surface area contributed by atoms with E-state index < -0.39 is 0 Å². The van der Waals surface area contributed by atoms with Crippen molar-refractivity contribution >= 4 is 40.3 Å². The number of halogens is 1. The van der Waals surface area contributed by atoms with Crippen LogP contribution >= 0.6 is 0 Å². The Morgan fingerprint density at radius 1 is 0.932 bits per heavy atom. The third-order valence-electron chi connectivity index (χ3n) is 8.66. The van der Waals surface area contributed by atoms with Gasteiger partial charge in [-0.3, -0.25) is 9.59 Å². The average molecular weight is 592 g/mol. The maximum atomic E-state index is 13.4. The van der Waals surface area contributed by atoms with Crippen LogP contribution in [0.3, 0.4) is 0 Å². The molecule has 1 atom stereocenters. The van der Waals surface area contributed by atoms with E-state index in [2.05, 4.69) is 38.6 Å². The molecule has 0 saturated carbocycles. The van der Waals surface area contributed by atoms with E-state index in [-0.39, 0.29) is 30.4 Å². The SMILES string of the molecule is CN1c2cc(N3Cc4cc(N5CCCCC5)ccc4C3=O)ccc2NC1c1ccc(OCC(=O)Nc2ccc(F)cc2)cc1. The summed E-state index contributed by atoms with van der Waals surface area (Å²) in [4.78, 5) is 32.1. The molecule has 3 aliphatic heterocycles. The molecule has 9 heteroatoms. The van der Waals surface area contributed by atoms with Crippen molar-refractivity contribution in [3.05, 3.63) is 107 Å². The molecule has 4 aromatic rings. The van der Waals surface area contributed by atoms with Crippen LogP contribution in [0.5, 0.6) is 5.75 Å². The van der Waals surface area contributed by atoms with Gasteiger partial charge in [0.1, 0.15) is 17.7 Å². The number of ether oxygens (including phenoxy) is 1. The van der Waals surface area contributed by atoms with E-state index in [1.54, 1.807) is 0 Å². The fourth-order valence-corrected chi connectivity index (χ4v) is 6.28. The van der Waals surface area contributed by atoms with Crippen LogP contribution in [0.1, 0.15) is 46.9 Å². The van der Waals surface area contributed by atoms with Crippen LogP contribution in [-0.2, 0) is 11.3 Å². The van der Waals surface area contributed by atoms with Gasteiger partial charge in [0.25, 0.3) is 11.8 Å². The van der Waals surface area contributed by atoms with Crippen molar-refractivity contribution in [3.63, 3.8) is 0 Å². The minimum Gasteiger partial charge on any atom is -0.484 e. The third-order valence-corrected chi connectivity index (χ3v) is 8.66. The van der Waals surface area contributed by atoms with Gasteiger partial charge in [0.15, 0.2) is 6.61 Å². The molecule has 0 radical (unpaired) electrons. The lowest BCUT2D eigenvalue weighted by Gasteiger charge is -2.29. The highest BCUT2D eigenvalue weighted by atomic mass is 19.1. The highest BCUT2D eigenvalue weighted by molar-refractivity contribution is 6.10. The van der Waals surface area contributed by atoms with Crippen molar-refractivity contribution in [2.24, 2.45) is 0 Å². The highest BCUT2D eigenvalue weighted by Crippen LogP contribution is 2.43. The predicted octanol–water partition coefficient (Wildman–Crippen LogP) is 6.55. The number of benzene rings is 4. The maximum absolute atomic E-state index is 13.4. The Kier molecular flexibility index (Phi) is 7.29. The molecule has 0 aromatic heterocycles. The smallest absolute Gasteiger partial charge is 0.262 e. The second kappa shape index (κ2) is 11.6. The van der Waals surface area contributed by atoms with Crippen LogP contribution in [-0.4, -0.2) is 38.6 Å². The highest BCUT2D eigenvalue weighted by Gasteiger charge is 2.32. The topological polar surface area (TPSA) is 77.2 Å². The molecule has 44 heavy (non-hydrogen) atoms. The third kappa shape index (κ3) is 5.41. The standard InChI is InChI=1S/C35H34FN5O3/c1-39-32-20-28(41-21-24-19-27(11-15-30(24)35(41)43)40-17-3-2-4-18-40)12-16-31(32)38-34(39)23-5-13-29(14-6-23)44-22-33(42)37-26-9-7-25(36)8-10-26/h5-16,19-20,34,38H,2-4,17-18,21-22H2,1H3,(H,37,42). The van der Waals surface area contributed by atoms with Crippen molar-refractivity contribution in [1.82, 2.24) is 0 Å². The molecule has 0 aliphatic carbocycles. The lowest BCUT2D eigenvalue weighted by Crippen LogP contribution is -2.29. The van der Waals surface area contributed by atoms with Gasteiger partial charge in [0.2, 0.25) is 0 Å². The van der Waals surface area contributed by atoms with Crippen molar-refractivity contribution in [3.8, 4) is 5.75 Å². The van der Waals surface area contributed by atoms with Gasteiger partial charge in [0, 0.05) is 42.8 Å². The zero-order valence-corrected chi connectivity index (χ0v) is 24.6. The zero-order valence-electron chi connectivity index (χ0n) is 24.6. The second-order valence-corrected chi connectivity index (χ2v) is 11.6. The number of nitrogens with zero attached hydrogens (tertiary/aromatic N) is 3. The molecule has 1 saturated heterocycles. The summed E-state index contributed by atoms with van der Waals surface area (Å²) in [6.45, 7) is 2.56. The van der Waals surface area contributed by atoms with E-state index in [1.807, 2.05) is 54.4 Å². The van der Waals surface area contributed by atoms with Gasteiger partial charge in [-0.2, -0.15) is 0 Å². The van der Waals surface area contributed by atoms with Gasteiger partial charge in [0.05, 0.1) is 17.9 Å². The Morgan fingerprint density at radius 3 is 2.45 bits per heavy atom. The Hall–Kier alpha value is -5.05. The van der Waals surface area contributed by atoms with E-state index in [0.29, 0.717) is 18.0 Å². The molecule has 8 nitrogen and oxygen atoms in total. The number of piperidine rings is 1. The van der Waals surface area contributed by atoms with Gasteiger partial charge >= 0.3 is 0 Å². The Bertz CT molecular complexity index is 1700. The lowest BCUT2D eigenvalue weighted by molar-refractivity contribution is -0.118. The number of hydrogen-bond donors (Lipinski definition) is 2. The average Bonchev–Trinajstić information content (AvgIpc) is 3.57. The van der Waals surface area contributed by atoms with Gasteiger partial charge in [-0.05, 0) is 103 Å². The lowest BCUT2D eigenvalue weighted by atomic mass is 10.1. The van der Waals surface area contributed by atoms with E-state index in [0.717, 1.165) is 46.8 Å². The van der Waals surface area contributed by atoms with Crippen LogP contribution in [0.4, 0.5) is 32.8 Å². The number of carbonyl (C=O) groups is 2. The van der Waals surface area contributed by atoms with E-state index in [9.17, 15) is 14.0 Å². The molecule has 1 fully saturated rings. The summed E-state index contributed by atoms with van der Waals surface area (Å²) in [7, 11) is 2.03. The summed E-state index contributed by atoms with van der Waals surface area (Å²) in [5.41, 5.74) is 7.50. The van der Waals surface area contributed by atoms with E-state index >= 15 is 0 Å². The summed E-state index contributed by atoms with van der Waals surface area (Å²) >= 11 is 0. The largest absolute Gasteiger partial charge is 0.484 e. The van der Waals surface area contributed by atoms with Crippen LogP contribution in [0, 0.1) is 5.82 Å². The number of anilines is 5. The molecule has 2 N–H and O–H groups in total. The van der Waals surface area contributed by atoms with Crippen LogP contribution < -0.4 is 30.1 Å². The first kappa shape index (κ1) is 27.8. The summed E-state index contributed by atoms with van der Waals surface area (Å²) in [5, 5.41) is 6.26. The molecule has 3 heterocycles. The second-order valence-electron chi connectivity index (χ2n) is 11.6. The summed E-state index contributed by atoms with van der Waals surface area (Å²) in [5.74, 6) is -0.0816. The molecule has 4 aromatic carbocycles. The van der Waals surface area contributed by atoms with Gasteiger partial charge in [-0.25, -0.2) is 4.39 Å². The van der Waals surface area contributed by atoms with Crippen LogP contribution in [0.2, 0.25) is 0 Å². The summed E-state index contributed by atoms with van der Waals surface area (Å²) in [6, 6.07) is 25.6. The number of nitrogens with one attached hydrogen (secondary N) is 2. The number of fused-ring (bicyclic) bond motifs is 2. The first-order valence-electron chi connectivity index (χ1n) is 15.0. The van der Waals surface area contributed by atoms with Gasteiger partial charge in [-0.15, -0.1) is 0 Å². The minimum absolute atomic E-state index is 0.0391. The van der Waals surface area contributed by atoms with Gasteiger partial charge in [-0.1, -0.05) is 12.1 Å². The maximum Gasteiger partial charge on any atom is 0.262 e. The number of carbonyl (C=O) groups excluding carboxylic acids is 2. The van der Waals surface area contributed by atoms with Crippen molar-refractivity contribution in [2.75, 3.05) is 52.1 Å². The predicted molar refractivity (Wildman–Crippen MR) is 171 cm³/mol. The van der Waals surface area contributed by atoms with Crippen molar-refractivity contribution in [2.45, 2.75) is 32.0 Å². The Morgan fingerprint density at radius 2 is 1.68 bits per heavy atom. The Balaban J connectivity index is 0.994. The summed E-state index contributed by atoms with van der Waals surface area (Å²) in [6.07, 6.45) is 3.62. The van der Waals surface area contributed by atoms with Crippen LogP contribution in [0.25, 0.3) is 0 Å². The molecular formula is C35H34FN5O3. The normalized spacial score (nSPS) is 17.3. The molecule has 7 rings (SSSR count). The quantitative estimate of drug-likeness (QED) is 0.254. The van der Waals surface area contributed by atoms with E-state index in [1.165, 1.54) is 49.2 Å². The minimum atomic E-state index is -0.362. The van der Waals surface area contributed by atoms with Crippen molar-refractivity contribution in [1.29, 1.82) is 0 Å². The number of rotatable bonds is 7. The molecule has 1 unspecified atom stereocenters. The molecule has 2 amide bonds. The number of amides is 2. The van der Waals surface area contributed by atoms with Gasteiger partial charge < -0.3 is 30.1 Å². The fraction of sp³-hybridized carbons (Fsp3) is 0.257. The molecule has 0 bridgehead atoms. The van der Waals surface area contributed by atoms with E-state index in [4.69, 9.17) is 4.74 Å². The van der Waals surface area contributed by atoms with Crippen molar-refractivity contribution < 1.29 is 18.7 Å². The fourth-order valence-electron chi connectivity index (χ4n) is 6.28. The number of hydrogen-bond acceptors (Lipinski definition) is 6. The Labute approximate surface area is 256 Å². The molecule has 224 valence electrons. The van der Waals surface area contributed by atoms with Crippen LogP contribution in [0.15, 0.2) is 84.9 Å². The zero-order chi connectivity index (χ0) is 30.2. The molecule has 0 spiro atoms. The first-order chi connectivity index (χ1) is 21.4. The first-order valence-corrected chi connectivity index (χ1v) is 15.0. The molecule has 3 aliphatic rings. The monoisotopic (exact) mass is 591 g/mol. The molecular weight excluding hydrogens is 557 g/mol.